The number of methoxy groups -OCH3 is 1. The zero-order chi connectivity index (χ0) is 13.8. The number of fused-ring (bicyclic) bond motifs is 1. The van der Waals surface area contributed by atoms with Gasteiger partial charge in [-0.15, -0.1) is 0 Å². The summed E-state index contributed by atoms with van der Waals surface area (Å²) in [4.78, 5) is 0. The number of aryl methyl sites for hydroxylation is 1. The van der Waals surface area contributed by atoms with Crippen LogP contribution >= 0.6 is 0 Å². The first-order valence-electron chi connectivity index (χ1n) is 7.29. The highest BCUT2D eigenvalue weighted by Crippen LogP contribution is 2.30. The summed E-state index contributed by atoms with van der Waals surface area (Å²) in [5.74, 6) is 2.08. The summed E-state index contributed by atoms with van der Waals surface area (Å²) in [7, 11) is 1.70. The van der Waals surface area contributed by atoms with Crippen molar-refractivity contribution in [1.82, 2.24) is 5.32 Å². The van der Waals surface area contributed by atoms with Crippen molar-refractivity contribution in [2.45, 2.75) is 31.7 Å². The average molecular weight is 271 g/mol. The summed E-state index contributed by atoms with van der Waals surface area (Å²) >= 11 is 0. The molecule has 1 aromatic heterocycles. The molecule has 3 heteroatoms. The van der Waals surface area contributed by atoms with Gasteiger partial charge >= 0.3 is 0 Å². The zero-order valence-corrected chi connectivity index (χ0v) is 11.9. The van der Waals surface area contributed by atoms with Crippen LogP contribution in [0.15, 0.2) is 41.0 Å². The zero-order valence-electron chi connectivity index (χ0n) is 11.9. The van der Waals surface area contributed by atoms with E-state index in [1.165, 1.54) is 24.0 Å². The van der Waals surface area contributed by atoms with Crippen LogP contribution in [0.1, 0.15) is 35.8 Å². The number of hydrogen-bond donors (Lipinski definition) is 1. The van der Waals surface area contributed by atoms with Gasteiger partial charge in [-0.05, 0) is 49.6 Å². The van der Waals surface area contributed by atoms with Gasteiger partial charge in [0, 0.05) is 18.0 Å². The van der Waals surface area contributed by atoms with E-state index in [0.717, 1.165) is 30.9 Å². The summed E-state index contributed by atoms with van der Waals surface area (Å²) in [6.07, 6.45) is 6.34. The van der Waals surface area contributed by atoms with E-state index < -0.39 is 0 Å². The van der Waals surface area contributed by atoms with Crippen molar-refractivity contribution in [2.24, 2.45) is 0 Å². The molecule has 1 aliphatic rings. The molecule has 20 heavy (non-hydrogen) atoms. The predicted molar refractivity (Wildman–Crippen MR) is 79.1 cm³/mol. The first-order chi connectivity index (χ1) is 9.86. The minimum absolute atomic E-state index is 0.454. The summed E-state index contributed by atoms with van der Waals surface area (Å²) in [6.45, 7) is 0.988. The fourth-order valence-electron chi connectivity index (χ4n) is 2.88. The van der Waals surface area contributed by atoms with Crippen LogP contribution in [0.25, 0.3) is 0 Å². The monoisotopic (exact) mass is 271 g/mol. The van der Waals surface area contributed by atoms with E-state index in [-0.39, 0.29) is 0 Å². The second-order valence-electron chi connectivity index (χ2n) is 5.30. The number of furan rings is 1. The molecule has 3 nitrogen and oxygen atoms in total. The van der Waals surface area contributed by atoms with E-state index in [1.54, 1.807) is 7.11 Å². The smallest absolute Gasteiger partial charge is 0.118 e. The predicted octanol–water partition coefficient (Wildman–Crippen LogP) is 3.50. The largest absolute Gasteiger partial charge is 0.497 e. The van der Waals surface area contributed by atoms with E-state index in [2.05, 4.69) is 23.5 Å². The molecule has 1 heterocycles. The van der Waals surface area contributed by atoms with Crippen LogP contribution in [-0.4, -0.2) is 13.7 Å². The minimum atomic E-state index is 0.454. The normalized spacial score (nSPS) is 17.8. The lowest BCUT2D eigenvalue weighted by molar-refractivity contribution is 0.412. The van der Waals surface area contributed by atoms with Crippen molar-refractivity contribution >= 4 is 0 Å². The third-order valence-electron chi connectivity index (χ3n) is 4.02. The molecule has 0 aliphatic heterocycles. The van der Waals surface area contributed by atoms with Gasteiger partial charge in [0.15, 0.2) is 0 Å². The van der Waals surface area contributed by atoms with Crippen molar-refractivity contribution < 1.29 is 9.15 Å². The lowest BCUT2D eigenvalue weighted by Crippen LogP contribution is -2.26. The first kappa shape index (κ1) is 13.3. The van der Waals surface area contributed by atoms with Crippen LogP contribution in [0, 0.1) is 0 Å². The second-order valence-corrected chi connectivity index (χ2v) is 5.30. The Balaban J connectivity index is 1.53. The molecule has 1 N–H and O–H groups in total. The van der Waals surface area contributed by atoms with Gasteiger partial charge in [-0.25, -0.2) is 0 Å². The Morgan fingerprint density at radius 2 is 2.10 bits per heavy atom. The quantitative estimate of drug-likeness (QED) is 0.904. The molecular formula is C17H21NO2. The SMILES string of the molecule is COc1ccc(CCNC2CCCc3occc32)cc1. The highest BCUT2D eigenvalue weighted by molar-refractivity contribution is 5.27. The summed E-state index contributed by atoms with van der Waals surface area (Å²) in [5, 5.41) is 3.65. The number of rotatable bonds is 5. The molecule has 0 amide bonds. The maximum atomic E-state index is 5.52. The molecule has 2 aromatic rings. The Hall–Kier alpha value is -1.74. The molecule has 0 spiro atoms. The number of hydrogen-bond acceptors (Lipinski definition) is 3. The Morgan fingerprint density at radius 3 is 2.90 bits per heavy atom. The maximum Gasteiger partial charge on any atom is 0.118 e. The minimum Gasteiger partial charge on any atom is -0.497 e. The first-order valence-corrected chi connectivity index (χ1v) is 7.29. The standard InChI is InChI=1S/C17H21NO2/c1-19-14-7-5-13(6-8-14)9-11-18-16-3-2-4-17-15(16)10-12-20-17/h5-8,10,12,16,18H,2-4,9,11H2,1H3. The van der Waals surface area contributed by atoms with Gasteiger partial charge in [-0.2, -0.15) is 0 Å². The van der Waals surface area contributed by atoms with Gasteiger partial charge in [0.2, 0.25) is 0 Å². The van der Waals surface area contributed by atoms with Crippen LogP contribution in [0.4, 0.5) is 0 Å². The Morgan fingerprint density at radius 1 is 1.25 bits per heavy atom. The van der Waals surface area contributed by atoms with Crippen LogP contribution in [0.5, 0.6) is 5.75 Å². The topological polar surface area (TPSA) is 34.4 Å². The van der Waals surface area contributed by atoms with Crippen molar-refractivity contribution in [1.29, 1.82) is 0 Å². The molecule has 1 unspecified atom stereocenters. The van der Waals surface area contributed by atoms with Crippen molar-refractivity contribution in [3.8, 4) is 5.75 Å². The third-order valence-corrected chi connectivity index (χ3v) is 4.02. The Kier molecular flexibility index (Phi) is 4.07. The molecule has 106 valence electrons. The average Bonchev–Trinajstić information content (AvgIpc) is 2.97. The highest BCUT2D eigenvalue weighted by atomic mass is 16.5. The van der Waals surface area contributed by atoms with Crippen molar-refractivity contribution in [3.63, 3.8) is 0 Å². The van der Waals surface area contributed by atoms with Gasteiger partial charge in [-0.3, -0.25) is 0 Å². The van der Waals surface area contributed by atoms with Gasteiger partial charge in [0.1, 0.15) is 11.5 Å². The second kappa shape index (κ2) is 6.14. The Bertz CT molecular complexity index is 544. The fourth-order valence-corrected chi connectivity index (χ4v) is 2.88. The maximum absolute atomic E-state index is 5.52. The van der Waals surface area contributed by atoms with Crippen LogP contribution in [-0.2, 0) is 12.8 Å². The molecule has 0 fully saturated rings. The van der Waals surface area contributed by atoms with E-state index in [4.69, 9.17) is 9.15 Å². The van der Waals surface area contributed by atoms with E-state index in [9.17, 15) is 0 Å². The molecule has 3 rings (SSSR count). The van der Waals surface area contributed by atoms with Crippen LogP contribution in [0.2, 0.25) is 0 Å². The summed E-state index contributed by atoms with van der Waals surface area (Å²) < 4.78 is 10.7. The lowest BCUT2D eigenvalue weighted by Gasteiger charge is -2.22. The molecule has 0 saturated heterocycles. The highest BCUT2D eigenvalue weighted by Gasteiger charge is 2.21. The van der Waals surface area contributed by atoms with Gasteiger partial charge in [-0.1, -0.05) is 12.1 Å². The van der Waals surface area contributed by atoms with E-state index in [1.807, 2.05) is 18.4 Å². The van der Waals surface area contributed by atoms with Gasteiger partial charge in [0.05, 0.1) is 13.4 Å². The lowest BCUT2D eigenvalue weighted by atomic mass is 9.93. The summed E-state index contributed by atoms with van der Waals surface area (Å²) in [6, 6.07) is 10.9. The molecule has 1 atom stereocenters. The third kappa shape index (κ3) is 2.88. The van der Waals surface area contributed by atoms with E-state index >= 15 is 0 Å². The molecular weight excluding hydrogens is 250 g/mol. The van der Waals surface area contributed by atoms with Crippen molar-refractivity contribution in [3.05, 3.63) is 53.5 Å². The molecule has 0 radical (unpaired) electrons. The molecule has 0 bridgehead atoms. The number of ether oxygens (including phenoxy) is 1. The van der Waals surface area contributed by atoms with Crippen LogP contribution in [0.3, 0.4) is 0 Å². The van der Waals surface area contributed by atoms with Crippen molar-refractivity contribution in [2.75, 3.05) is 13.7 Å². The van der Waals surface area contributed by atoms with Gasteiger partial charge in [0.25, 0.3) is 0 Å². The van der Waals surface area contributed by atoms with E-state index in [0.29, 0.717) is 6.04 Å². The van der Waals surface area contributed by atoms with Crippen LogP contribution < -0.4 is 10.1 Å². The Labute approximate surface area is 119 Å². The van der Waals surface area contributed by atoms with Gasteiger partial charge < -0.3 is 14.5 Å². The summed E-state index contributed by atoms with van der Waals surface area (Å²) in [5.41, 5.74) is 2.69. The molecule has 1 aliphatic carbocycles. The molecule has 0 saturated carbocycles. The fraction of sp³-hybridized carbons (Fsp3) is 0.412. The number of benzene rings is 1. The molecule has 1 aromatic carbocycles. The number of nitrogens with one attached hydrogen (secondary N) is 1.